The van der Waals surface area contributed by atoms with Crippen molar-refractivity contribution in [3.8, 4) is 5.75 Å². The Morgan fingerprint density at radius 3 is 2.33 bits per heavy atom. The van der Waals surface area contributed by atoms with Crippen molar-refractivity contribution in [2.75, 3.05) is 13.7 Å². The number of carboxylic acid groups (broad SMARTS) is 1. The molecule has 2 aliphatic rings. The van der Waals surface area contributed by atoms with Gasteiger partial charge in [0.1, 0.15) is 17.3 Å². The fourth-order valence-corrected chi connectivity index (χ4v) is 6.31. The standard InChI is InChI=1S/C30H40N4O6/c1-19(40-18-21-9-7-6-8-10-21)24(25(31)35)32-22-15-30(34(17-22)28(37)38)26(29(2,3)4)33(27(30)36)16-20-11-13-23(39-5)14-12-20/h6-14,19,22,24,26,32H,15-18H2,1-5H3,(H2,31,35)(H,37,38). The van der Waals surface area contributed by atoms with Crippen LogP contribution in [0, 0.1) is 5.41 Å². The maximum Gasteiger partial charge on any atom is 0.408 e. The van der Waals surface area contributed by atoms with E-state index in [1.54, 1.807) is 18.9 Å². The van der Waals surface area contributed by atoms with Crippen molar-refractivity contribution >= 4 is 17.9 Å². The molecule has 216 valence electrons. The van der Waals surface area contributed by atoms with Crippen LogP contribution in [0.5, 0.6) is 5.75 Å². The monoisotopic (exact) mass is 552 g/mol. The minimum atomic E-state index is -1.25. The molecule has 4 N–H and O–H groups in total. The van der Waals surface area contributed by atoms with Crippen molar-refractivity contribution in [3.63, 3.8) is 0 Å². The van der Waals surface area contributed by atoms with Gasteiger partial charge in [-0.3, -0.25) is 19.8 Å². The Labute approximate surface area is 235 Å². The molecule has 3 amide bonds. The molecule has 2 heterocycles. The second-order valence-corrected chi connectivity index (χ2v) is 11.8. The molecule has 0 aliphatic carbocycles. The molecule has 0 saturated carbocycles. The van der Waals surface area contributed by atoms with Crippen molar-refractivity contribution in [2.45, 2.75) is 77.0 Å². The van der Waals surface area contributed by atoms with Crippen molar-refractivity contribution < 1.29 is 29.0 Å². The number of hydrogen-bond donors (Lipinski definition) is 3. The largest absolute Gasteiger partial charge is 0.497 e. The van der Waals surface area contributed by atoms with Gasteiger partial charge in [0.15, 0.2) is 0 Å². The second kappa shape index (κ2) is 11.5. The van der Waals surface area contributed by atoms with E-state index in [0.717, 1.165) is 16.9 Å². The smallest absolute Gasteiger partial charge is 0.408 e. The van der Waals surface area contributed by atoms with Gasteiger partial charge in [0.05, 0.1) is 25.9 Å². The summed E-state index contributed by atoms with van der Waals surface area (Å²) in [5.74, 6) is -0.119. The van der Waals surface area contributed by atoms with Crippen LogP contribution in [0.15, 0.2) is 54.6 Å². The number of hydrogen-bond acceptors (Lipinski definition) is 6. The van der Waals surface area contributed by atoms with Crippen LogP contribution in [0.1, 0.15) is 45.2 Å². The number of primary amides is 1. The quantitative estimate of drug-likeness (QED) is 0.386. The van der Waals surface area contributed by atoms with Gasteiger partial charge in [-0.25, -0.2) is 4.79 Å². The predicted octanol–water partition coefficient (Wildman–Crippen LogP) is 2.99. The van der Waals surface area contributed by atoms with Gasteiger partial charge >= 0.3 is 6.09 Å². The summed E-state index contributed by atoms with van der Waals surface area (Å²) in [5, 5.41) is 13.5. The van der Waals surface area contributed by atoms with Gasteiger partial charge in [-0.05, 0) is 42.0 Å². The first-order valence-electron chi connectivity index (χ1n) is 13.5. The molecule has 2 aliphatic heterocycles. The van der Waals surface area contributed by atoms with E-state index in [1.165, 1.54) is 4.90 Å². The number of nitrogens with one attached hydrogen (secondary N) is 1. The Morgan fingerprint density at radius 2 is 1.77 bits per heavy atom. The van der Waals surface area contributed by atoms with E-state index in [1.807, 2.05) is 75.4 Å². The molecule has 40 heavy (non-hydrogen) atoms. The lowest BCUT2D eigenvalue weighted by molar-refractivity contribution is -0.183. The summed E-state index contributed by atoms with van der Waals surface area (Å²) in [5.41, 5.74) is 5.97. The maximum atomic E-state index is 13.9. The van der Waals surface area contributed by atoms with Gasteiger partial charge in [-0.2, -0.15) is 0 Å². The summed E-state index contributed by atoms with van der Waals surface area (Å²) in [6.45, 7) is 8.51. The molecule has 5 unspecified atom stereocenters. The number of methoxy groups -OCH3 is 1. The fourth-order valence-electron chi connectivity index (χ4n) is 6.31. The van der Waals surface area contributed by atoms with Crippen LogP contribution in [0.3, 0.4) is 0 Å². The molecule has 0 radical (unpaired) electrons. The molecule has 5 atom stereocenters. The highest BCUT2D eigenvalue weighted by molar-refractivity contribution is 5.98. The SMILES string of the molecule is COc1ccc(CN2C(=O)C3(CC(NC(C(N)=O)C(C)OCc4ccccc4)CN3C(=O)O)C2C(C)(C)C)cc1. The highest BCUT2D eigenvalue weighted by Gasteiger charge is 2.71. The maximum absolute atomic E-state index is 13.9. The van der Waals surface area contributed by atoms with E-state index >= 15 is 0 Å². The van der Waals surface area contributed by atoms with Crippen LogP contribution in [-0.2, 0) is 27.5 Å². The van der Waals surface area contributed by atoms with E-state index in [4.69, 9.17) is 15.2 Å². The zero-order chi connectivity index (χ0) is 29.2. The number of nitrogens with two attached hydrogens (primary N) is 1. The van der Waals surface area contributed by atoms with Gasteiger partial charge in [0.25, 0.3) is 5.91 Å². The number of benzene rings is 2. The summed E-state index contributed by atoms with van der Waals surface area (Å²) in [4.78, 5) is 41.9. The zero-order valence-electron chi connectivity index (χ0n) is 23.8. The molecule has 4 rings (SSSR count). The van der Waals surface area contributed by atoms with Crippen LogP contribution in [0.2, 0.25) is 0 Å². The second-order valence-electron chi connectivity index (χ2n) is 11.8. The third-order valence-corrected chi connectivity index (χ3v) is 7.95. The number of β-lactam (4-membered cyclic amide) rings is 1. The highest BCUT2D eigenvalue weighted by Crippen LogP contribution is 2.51. The van der Waals surface area contributed by atoms with E-state index in [9.17, 15) is 19.5 Å². The fraction of sp³-hybridized carbons (Fsp3) is 0.500. The van der Waals surface area contributed by atoms with Crippen molar-refractivity contribution in [1.29, 1.82) is 0 Å². The normalized spacial score (nSPS) is 24.1. The number of ether oxygens (including phenoxy) is 2. The van der Waals surface area contributed by atoms with E-state index in [-0.39, 0.29) is 24.9 Å². The predicted molar refractivity (Wildman–Crippen MR) is 149 cm³/mol. The van der Waals surface area contributed by atoms with Gasteiger partial charge < -0.3 is 25.2 Å². The summed E-state index contributed by atoms with van der Waals surface area (Å²) in [6.07, 6.45) is -1.51. The topological polar surface area (TPSA) is 134 Å². The number of amides is 3. The highest BCUT2D eigenvalue weighted by atomic mass is 16.5. The van der Waals surface area contributed by atoms with Gasteiger partial charge in [-0.15, -0.1) is 0 Å². The van der Waals surface area contributed by atoms with Crippen molar-refractivity contribution in [2.24, 2.45) is 11.1 Å². The Bertz CT molecular complexity index is 1210. The number of nitrogens with zero attached hydrogens (tertiary/aromatic N) is 2. The average molecular weight is 553 g/mol. The average Bonchev–Trinajstić information content (AvgIpc) is 3.31. The van der Waals surface area contributed by atoms with Crippen LogP contribution in [0.25, 0.3) is 0 Å². The summed E-state index contributed by atoms with van der Waals surface area (Å²) < 4.78 is 11.2. The van der Waals surface area contributed by atoms with Crippen molar-refractivity contribution in [3.05, 3.63) is 65.7 Å². The zero-order valence-corrected chi connectivity index (χ0v) is 23.8. The molecule has 2 saturated heterocycles. The van der Waals surface area contributed by atoms with Gasteiger partial charge in [-0.1, -0.05) is 63.2 Å². The Balaban J connectivity index is 1.54. The van der Waals surface area contributed by atoms with Crippen molar-refractivity contribution in [1.82, 2.24) is 15.1 Å². The number of carbonyl (C=O) groups excluding carboxylic acids is 2. The minimum absolute atomic E-state index is 0.0548. The minimum Gasteiger partial charge on any atom is -0.497 e. The number of rotatable bonds is 10. The first-order chi connectivity index (χ1) is 18.9. The lowest BCUT2D eigenvalue weighted by Gasteiger charge is -2.61. The summed E-state index contributed by atoms with van der Waals surface area (Å²) in [6, 6.07) is 15.4. The van der Waals surface area contributed by atoms with Gasteiger partial charge in [0, 0.05) is 19.1 Å². The number of carbonyl (C=O) groups is 3. The van der Waals surface area contributed by atoms with Crippen LogP contribution in [0.4, 0.5) is 4.79 Å². The molecule has 2 aromatic carbocycles. The first kappa shape index (κ1) is 29.4. The molecule has 2 aromatic rings. The molecular formula is C30H40N4O6. The third kappa shape index (κ3) is 5.64. The molecule has 10 heteroatoms. The van der Waals surface area contributed by atoms with Crippen LogP contribution in [-0.4, -0.2) is 76.2 Å². The molecular weight excluding hydrogens is 512 g/mol. The first-order valence-corrected chi connectivity index (χ1v) is 13.5. The lowest BCUT2D eigenvalue weighted by Crippen LogP contribution is -2.81. The lowest BCUT2D eigenvalue weighted by atomic mass is 9.64. The Morgan fingerprint density at radius 1 is 1.12 bits per heavy atom. The number of likely N-dealkylation sites (tertiary alicyclic amines) is 2. The molecule has 2 fully saturated rings. The Kier molecular flexibility index (Phi) is 8.41. The van der Waals surface area contributed by atoms with Gasteiger partial charge in [0.2, 0.25) is 5.91 Å². The van der Waals surface area contributed by atoms with Crippen LogP contribution < -0.4 is 15.8 Å². The molecule has 1 spiro atoms. The molecule has 0 bridgehead atoms. The summed E-state index contributed by atoms with van der Waals surface area (Å²) >= 11 is 0. The van der Waals surface area contributed by atoms with E-state index < -0.39 is 41.1 Å². The molecule has 10 nitrogen and oxygen atoms in total. The molecule has 0 aromatic heterocycles. The Hall–Kier alpha value is -3.63. The summed E-state index contributed by atoms with van der Waals surface area (Å²) in [7, 11) is 1.59. The van der Waals surface area contributed by atoms with Crippen LogP contribution >= 0.6 is 0 Å². The van der Waals surface area contributed by atoms with E-state index in [0.29, 0.717) is 13.2 Å². The third-order valence-electron chi connectivity index (χ3n) is 7.95. The van der Waals surface area contributed by atoms with E-state index in [2.05, 4.69) is 5.32 Å².